The van der Waals surface area contributed by atoms with E-state index in [1.165, 1.54) is 57.8 Å². The van der Waals surface area contributed by atoms with Crippen LogP contribution in [0.3, 0.4) is 0 Å². The quantitative estimate of drug-likeness (QED) is 0.315. The average Bonchev–Trinajstić information content (AvgIpc) is 2.21. The van der Waals surface area contributed by atoms with E-state index < -0.39 is 0 Å². The monoisotopic (exact) mass is 352 g/mol. The van der Waals surface area contributed by atoms with Gasteiger partial charge in [0, 0.05) is 0 Å². The normalized spacial score (nSPS) is 13.4. The minimum atomic E-state index is 0.656. The molecule has 0 aliphatic carbocycles. The van der Waals surface area contributed by atoms with Crippen LogP contribution in [0.2, 0.25) is 3.93 Å². The van der Waals surface area contributed by atoms with Crippen LogP contribution in [0.5, 0.6) is 0 Å². The summed E-state index contributed by atoms with van der Waals surface area (Å²) in [6, 6.07) is 0. The van der Waals surface area contributed by atoms with Gasteiger partial charge in [-0.1, -0.05) is 0 Å². The maximum atomic E-state index is 4.28. The van der Waals surface area contributed by atoms with Gasteiger partial charge in [-0.2, -0.15) is 0 Å². The van der Waals surface area contributed by atoms with Crippen LogP contribution in [-0.4, -0.2) is 22.5 Å². The first-order chi connectivity index (χ1) is 7.18. The third kappa shape index (κ3) is 11.8. The van der Waals surface area contributed by atoms with E-state index >= 15 is 0 Å². The third-order valence-corrected chi connectivity index (χ3v) is 6.32. The van der Waals surface area contributed by atoms with Crippen molar-refractivity contribution in [1.82, 2.24) is 0 Å². The molecule has 0 aliphatic rings. The molecular formula is C12H24S2Sn. The van der Waals surface area contributed by atoms with E-state index in [-0.39, 0.29) is 0 Å². The van der Waals surface area contributed by atoms with Crippen molar-refractivity contribution in [3.63, 3.8) is 0 Å². The van der Waals surface area contributed by atoms with Gasteiger partial charge in [0.05, 0.1) is 0 Å². The number of hydrogen-bond acceptors (Lipinski definition) is 2. The summed E-state index contributed by atoms with van der Waals surface area (Å²) >= 11 is 10.1. The van der Waals surface area contributed by atoms with Gasteiger partial charge in [-0.05, 0) is 0 Å². The fourth-order valence-corrected chi connectivity index (χ4v) is 2.45. The van der Waals surface area contributed by atoms with Crippen molar-refractivity contribution >= 4 is 47.8 Å². The average molecular weight is 351 g/mol. The van der Waals surface area contributed by atoms with Crippen LogP contribution >= 0.6 is 25.3 Å². The molecule has 4 radical (unpaired) electrons. The first-order valence-electron chi connectivity index (χ1n) is 6.14. The van der Waals surface area contributed by atoms with E-state index in [2.05, 4.69) is 32.2 Å². The standard InChI is InChI=1S/C12H24S2.Sn/c1-2-3-4-5-6-7-8-9-10-11-12(13)14;/h11,13-14H,2-10H2,1H3;. The van der Waals surface area contributed by atoms with Crippen LogP contribution in [0.4, 0.5) is 0 Å². The number of thiol groups is 2. The fraction of sp³-hybridized carbons (Fsp3) is 0.917. The van der Waals surface area contributed by atoms with Gasteiger partial charge in [-0.25, -0.2) is 0 Å². The Morgan fingerprint density at radius 1 is 0.933 bits per heavy atom. The molecule has 0 amide bonds. The van der Waals surface area contributed by atoms with Crippen LogP contribution in [0.25, 0.3) is 0 Å². The fourth-order valence-electron chi connectivity index (χ4n) is 1.61. The molecule has 0 aromatic rings. The van der Waals surface area contributed by atoms with Gasteiger partial charge in [-0.15, -0.1) is 0 Å². The van der Waals surface area contributed by atoms with E-state index in [4.69, 9.17) is 0 Å². The molecule has 0 spiro atoms. The van der Waals surface area contributed by atoms with E-state index in [1.54, 1.807) is 22.5 Å². The summed E-state index contributed by atoms with van der Waals surface area (Å²) in [6.07, 6.45) is 12.5. The molecule has 15 heavy (non-hydrogen) atoms. The van der Waals surface area contributed by atoms with Gasteiger partial charge in [0.2, 0.25) is 0 Å². The second-order valence-corrected chi connectivity index (χ2v) is 7.48. The second kappa shape index (κ2) is 12.0. The Morgan fingerprint density at radius 2 is 1.40 bits per heavy atom. The molecule has 0 aromatic carbocycles. The summed E-state index contributed by atoms with van der Waals surface area (Å²) in [5.41, 5.74) is 0. The molecular weight excluding hydrogens is 327 g/mol. The predicted molar refractivity (Wildman–Crippen MR) is 77.9 cm³/mol. The van der Waals surface area contributed by atoms with Crippen molar-refractivity contribution in [2.75, 3.05) is 0 Å². The topological polar surface area (TPSA) is 0 Å². The molecule has 0 fully saturated rings. The van der Waals surface area contributed by atoms with Gasteiger partial charge in [-0.3, -0.25) is 0 Å². The van der Waals surface area contributed by atoms with Crippen molar-refractivity contribution in [2.24, 2.45) is 0 Å². The Labute approximate surface area is 120 Å². The number of rotatable bonds is 10. The maximum absolute atomic E-state index is 4.28. The first-order valence-corrected chi connectivity index (χ1v) is 8.68. The Kier molecular flexibility index (Phi) is 13.2. The molecule has 3 heteroatoms. The van der Waals surface area contributed by atoms with Crippen LogP contribution in [0.15, 0.2) is 0 Å². The van der Waals surface area contributed by atoms with Crippen molar-refractivity contribution in [2.45, 2.75) is 68.6 Å². The van der Waals surface area contributed by atoms with Gasteiger partial charge < -0.3 is 0 Å². The van der Waals surface area contributed by atoms with Crippen molar-refractivity contribution < 1.29 is 0 Å². The summed E-state index contributed by atoms with van der Waals surface area (Å²) < 4.78 is 1.68. The Hall–Kier alpha value is 1.50. The Balaban J connectivity index is 3.05. The van der Waals surface area contributed by atoms with E-state index in [1.807, 2.05) is 0 Å². The van der Waals surface area contributed by atoms with Crippen LogP contribution < -0.4 is 0 Å². The molecule has 1 atom stereocenters. The molecule has 0 saturated heterocycles. The van der Waals surface area contributed by atoms with Gasteiger partial charge in [0.15, 0.2) is 0 Å². The SMILES string of the molecule is CCCCCCCCCC[CH]([Sn])[C](S)S. The zero-order valence-corrected chi connectivity index (χ0v) is 14.5. The van der Waals surface area contributed by atoms with E-state index in [9.17, 15) is 0 Å². The molecule has 0 nitrogen and oxygen atoms in total. The minimum absolute atomic E-state index is 0.656. The zero-order valence-electron chi connectivity index (χ0n) is 9.84. The first kappa shape index (κ1) is 16.5. The summed E-state index contributed by atoms with van der Waals surface area (Å²) in [7, 11) is 0. The van der Waals surface area contributed by atoms with E-state index in [0.29, 0.717) is 3.93 Å². The number of unbranched alkanes of at least 4 members (excludes halogenated alkanes) is 7. The van der Waals surface area contributed by atoms with Crippen molar-refractivity contribution in [1.29, 1.82) is 0 Å². The molecule has 0 rings (SSSR count). The molecule has 0 heterocycles. The molecule has 0 bridgehead atoms. The molecule has 0 aliphatic heterocycles. The van der Waals surface area contributed by atoms with Gasteiger partial charge in [0.1, 0.15) is 0 Å². The second-order valence-electron chi connectivity index (χ2n) is 4.17. The number of hydrogen-bond donors (Lipinski definition) is 2. The summed E-state index contributed by atoms with van der Waals surface area (Å²) in [6.45, 7) is 2.27. The summed E-state index contributed by atoms with van der Waals surface area (Å²) in [5, 5.41) is 0. The Bertz CT molecular complexity index is 129. The molecule has 1 unspecified atom stereocenters. The Morgan fingerprint density at radius 3 is 1.87 bits per heavy atom. The van der Waals surface area contributed by atoms with Crippen LogP contribution in [0.1, 0.15) is 64.7 Å². The van der Waals surface area contributed by atoms with Crippen molar-refractivity contribution in [3.8, 4) is 0 Å². The molecule has 88 valence electrons. The summed E-state index contributed by atoms with van der Waals surface area (Å²) in [5.74, 6) is 0. The van der Waals surface area contributed by atoms with E-state index in [0.717, 1.165) is 4.58 Å². The third-order valence-electron chi connectivity index (χ3n) is 2.66. The van der Waals surface area contributed by atoms with Gasteiger partial charge >= 0.3 is 121 Å². The predicted octanol–water partition coefficient (Wildman–Crippen LogP) is 4.82. The van der Waals surface area contributed by atoms with Crippen LogP contribution in [0, 0.1) is 4.58 Å². The van der Waals surface area contributed by atoms with Crippen molar-refractivity contribution in [3.05, 3.63) is 4.58 Å². The van der Waals surface area contributed by atoms with Crippen LogP contribution in [-0.2, 0) is 0 Å². The molecule has 0 N–H and O–H groups in total. The molecule has 0 saturated carbocycles. The van der Waals surface area contributed by atoms with Gasteiger partial charge in [0.25, 0.3) is 0 Å². The molecule has 0 aromatic heterocycles. The zero-order chi connectivity index (χ0) is 11.5. The summed E-state index contributed by atoms with van der Waals surface area (Å²) in [4.78, 5) is 0.